The van der Waals surface area contributed by atoms with Gasteiger partial charge in [-0.05, 0) is 28.5 Å². The largest absolute Gasteiger partial charge is 0.351 e. The molecule has 1 fully saturated rings. The van der Waals surface area contributed by atoms with Crippen molar-refractivity contribution in [1.82, 2.24) is 9.62 Å². The predicted molar refractivity (Wildman–Crippen MR) is 89.0 cm³/mol. The summed E-state index contributed by atoms with van der Waals surface area (Å²) in [7, 11) is -3.25. The summed E-state index contributed by atoms with van der Waals surface area (Å²) in [6.45, 7) is 1.27. The molecule has 2 heterocycles. The molecule has 1 aliphatic heterocycles. The summed E-state index contributed by atoms with van der Waals surface area (Å²) in [5, 5.41) is 6.47. The maximum atomic E-state index is 12.1. The minimum absolute atomic E-state index is 0.0459. The zero-order chi connectivity index (χ0) is 15.1. The van der Waals surface area contributed by atoms with E-state index >= 15 is 0 Å². The molecule has 116 valence electrons. The lowest BCUT2D eigenvalue weighted by atomic mass is 10.3. The Balaban J connectivity index is 1.74. The van der Waals surface area contributed by atoms with E-state index in [9.17, 15) is 13.2 Å². The number of carbonyl (C=O) groups excluding carboxylic acids is 1. The summed E-state index contributed by atoms with van der Waals surface area (Å²) in [5.41, 5.74) is 0.966. The van der Waals surface area contributed by atoms with Crippen molar-refractivity contribution in [2.24, 2.45) is 0 Å². The van der Waals surface area contributed by atoms with Crippen molar-refractivity contribution < 1.29 is 13.2 Å². The molecule has 5 nitrogen and oxygen atoms in total. The van der Waals surface area contributed by atoms with Crippen molar-refractivity contribution in [3.63, 3.8) is 0 Å². The lowest BCUT2D eigenvalue weighted by Gasteiger charge is -2.25. The minimum atomic E-state index is -3.25. The van der Waals surface area contributed by atoms with Crippen molar-refractivity contribution >= 4 is 45.1 Å². The van der Waals surface area contributed by atoms with Gasteiger partial charge >= 0.3 is 0 Å². The van der Waals surface area contributed by atoms with Gasteiger partial charge in [-0.2, -0.15) is 23.1 Å². The molecule has 0 unspecified atom stereocenters. The Morgan fingerprint density at radius 1 is 1.38 bits per heavy atom. The van der Waals surface area contributed by atoms with Gasteiger partial charge in [0, 0.05) is 37.2 Å². The smallest absolute Gasteiger partial charge is 0.244 e. The topological polar surface area (TPSA) is 66.5 Å². The first-order valence-corrected chi connectivity index (χ1v) is 10.3. The fraction of sp³-hybridized carbons (Fsp3) is 0.462. The van der Waals surface area contributed by atoms with Crippen LogP contribution in [0.3, 0.4) is 0 Å². The van der Waals surface area contributed by atoms with Crippen LogP contribution in [-0.4, -0.2) is 55.5 Å². The zero-order valence-electron chi connectivity index (χ0n) is 11.5. The van der Waals surface area contributed by atoms with E-state index in [2.05, 4.69) is 5.32 Å². The molecule has 1 saturated heterocycles. The van der Waals surface area contributed by atoms with Crippen molar-refractivity contribution in [3.05, 3.63) is 28.5 Å². The number of thioether (sulfide) groups is 1. The predicted octanol–water partition coefficient (Wildman–Crippen LogP) is 1.26. The average molecular weight is 346 g/mol. The van der Waals surface area contributed by atoms with Crippen LogP contribution < -0.4 is 5.32 Å². The first-order chi connectivity index (χ1) is 10.1. The number of nitrogens with one attached hydrogen (secondary N) is 1. The number of amides is 1. The summed E-state index contributed by atoms with van der Waals surface area (Å²) < 4.78 is 25.6. The van der Waals surface area contributed by atoms with Crippen LogP contribution in [0.15, 0.2) is 22.9 Å². The summed E-state index contributed by atoms with van der Waals surface area (Å²) in [6.07, 6.45) is 3.13. The Bertz CT molecular complexity index is 576. The van der Waals surface area contributed by atoms with Gasteiger partial charge < -0.3 is 5.32 Å². The van der Waals surface area contributed by atoms with Crippen LogP contribution in [0.25, 0.3) is 6.08 Å². The number of thiophene rings is 1. The molecule has 0 spiro atoms. The van der Waals surface area contributed by atoms with Gasteiger partial charge in [-0.15, -0.1) is 0 Å². The van der Waals surface area contributed by atoms with Gasteiger partial charge in [0.2, 0.25) is 15.9 Å². The molecule has 21 heavy (non-hydrogen) atoms. The fourth-order valence-corrected chi connectivity index (χ4v) is 4.98. The lowest BCUT2D eigenvalue weighted by Crippen LogP contribution is -2.41. The third-order valence-electron chi connectivity index (χ3n) is 2.99. The maximum absolute atomic E-state index is 12.1. The monoisotopic (exact) mass is 346 g/mol. The highest BCUT2D eigenvalue weighted by molar-refractivity contribution is 7.99. The first-order valence-electron chi connectivity index (χ1n) is 6.61. The van der Waals surface area contributed by atoms with E-state index in [4.69, 9.17) is 0 Å². The fourth-order valence-electron chi connectivity index (χ4n) is 1.86. The molecule has 0 atom stereocenters. The molecule has 1 aromatic rings. The van der Waals surface area contributed by atoms with Crippen LogP contribution in [0.2, 0.25) is 0 Å². The number of hydrogen-bond acceptors (Lipinski definition) is 5. The van der Waals surface area contributed by atoms with Gasteiger partial charge in [-0.25, -0.2) is 12.7 Å². The number of sulfonamides is 1. The lowest BCUT2D eigenvalue weighted by molar-refractivity contribution is -0.116. The van der Waals surface area contributed by atoms with E-state index in [1.54, 1.807) is 29.2 Å². The Hall–Kier alpha value is -0.830. The molecule has 0 aromatic carbocycles. The second kappa shape index (κ2) is 7.98. The molecule has 1 aromatic heterocycles. The first kappa shape index (κ1) is 16.5. The molecule has 2 rings (SSSR count). The minimum Gasteiger partial charge on any atom is -0.351 e. The molecule has 0 radical (unpaired) electrons. The second-order valence-corrected chi connectivity index (χ2v) is 8.60. The highest BCUT2D eigenvalue weighted by Crippen LogP contribution is 2.13. The quantitative estimate of drug-likeness (QED) is 0.788. The van der Waals surface area contributed by atoms with Gasteiger partial charge in [0.05, 0.1) is 5.75 Å². The third kappa shape index (κ3) is 5.46. The van der Waals surface area contributed by atoms with Gasteiger partial charge in [-0.1, -0.05) is 0 Å². The Kier molecular flexibility index (Phi) is 6.28. The normalized spacial score (nSPS) is 17.1. The van der Waals surface area contributed by atoms with Crippen LogP contribution in [0.5, 0.6) is 0 Å². The van der Waals surface area contributed by atoms with Crippen LogP contribution >= 0.6 is 23.1 Å². The summed E-state index contributed by atoms with van der Waals surface area (Å²) in [5.74, 6) is 1.37. The van der Waals surface area contributed by atoms with E-state index in [1.165, 1.54) is 10.4 Å². The van der Waals surface area contributed by atoms with Gasteiger partial charge in [0.1, 0.15) is 0 Å². The molecule has 1 aliphatic rings. The SMILES string of the molecule is O=C(/C=C/c1ccsc1)NCCS(=O)(=O)N1CCSCC1. The molecule has 0 saturated carbocycles. The van der Waals surface area contributed by atoms with E-state index < -0.39 is 10.0 Å². The van der Waals surface area contributed by atoms with Crippen molar-refractivity contribution in [2.45, 2.75) is 0 Å². The zero-order valence-corrected chi connectivity index (χ0v) is 14.0. The van der Waals surface area contributed by atoms with E-state index in [0.29, 0.717) is 13.1 Å². The number of rotatable bonds is 6. The van der Waals surface area contributed by atoms with Crippen molar-refractivity contribution in [3.8, 4) is 0 Å². The molecular formula is C13H18N2O3S3. The number of nitrogens with zero attached hydrogens (tertiary/aromatic N) is 1. The average Bonchev–Trinajstić information content (AvgIpc) is 2.99. The number of hydrogen-bond donors (Lipinski definition) is 1. The standard InChI is InChI=1S/C13H18N2O3S3/c16-13(2-1-12-3-7-20-11-12)14-4-10-21(17,18)15-5-8-19-9-6-15/h1-3,7,11H,4-6,8-10H2,(H,14,16)/b2-1+. The highest BCUT2D eigenvalue weighted by atomic mass is 32.2. The van der Waals surface area contributed by atoms with E-state index in [1.807, 2.05) is 16.8 Å². The molecule has 1 amide bonds. The molecule has 1 N–H and O–H groups in total. The Morgan fingerprint density at radius 3 is 2.81 bits per heavy atom. The van der Waals surface area contributed by atoms with Crippen LogP contribution in [0.4, 0.5) is 0 Å². The molecule has 0 bridgehead atoms. The molecular weight excluding hydrogens is 328 g/mol. The van der Waals surface area contributed by atoms with Gasteiger partial charge in [-0.3, -0.25) is 4.79 Å². The van der Waals surface area contributed by atoms with Gasteiger partial charge in [0.15, 0.2) is 0 Å². The summed E-state index contributed by atoms with van der Waals surface area (Å²) in [4.78, 5) is 11.6. The third-order valence-corrected chi connectivity index (χ3v) is 6.51. The summed E-state index contributed by atoms with van der Waals surface area (Å²) in [6, 6.07) is 1.91. The molecule has 8 heteroatoms. The second-order valence-electron chi connectivity index (χ2n) is 4.51. The van der Waals surface area contributed by atoms with Crippen LogP contribution in [0, 0.1) is 0 Å². The summed E-state index contributed by atoms with van der Waals surface area (Å²) >= 11 is 3.32. The van der Waals surface area contributed by atoms with Crippen molar-refractivity contribution in [2.75, 3.05) is 36.9 Å². The van der Waals surface area contributed by atoms with E-state index in [-0.39, 0.29) is 18.2 Å². The van der Waals surface area contributed by atoms with Crippen LogP contribution in [0.1, 0.15) is 5.56 Å². The Morgan fingerprint density at radius 2 is 2.14 bits per heavy atom. The Labute approximate surface area is 133 Å². The number of carbonyl (C=O) groups is 1. The van der Waals surface area contributed by atoms with Gasteiger partial charge in [0.25, 0.3) is 0 Å². The maximum Gasteiger partial charge on any atom is 0.244 e. The van der Waals surface area contributed by atoms with Crippen LogP contribution in [-0.2, 0) is 14.8 Å². The van der Waals surface area contributed by atoms with Crippen molar-refractivity contribution in [1.29, 1.82) is 0 Å². The van der Waals surface area contributed by atoms with E-state index in [0.717, 1.165) is 17.1 Å². The highest BCUT2D eigenvalue weighted by Gasteiger charge is 2.23. The molecule has 0 aliphatic carbocycles.